The number of rotatable bonds is 3. The Labute approximate surface area is 84.1 Å². The predicted octanol–water partition coefficient (Wildman–Crippen LogP) is 0.186. The molecule has 14 heavy (non-hydrogen) atoms. The van der Waals surface area contributed by atoms with Gasteiger partial charge in [0.2, 0.25) is 0 Å². The highest BCUT2D eigenvalue weighted by Crippen LogP contribution is 2.28. The molecule has 0 aromatic rings. The van der Waals surface area contributed by atoms with Crippen LogP contribution in [0.1, 0.15) is 13.8 Å². The van der Waals surface area contributed by atoms with Crippen LogP contribution in [0.3, 0.4) is 0 Å². The zero-order valence-electron chi connectivity index (χ0n) is 8.68. The van der Waals surface area contributed by atoms with Gasteiger partial charge in [-0.1, -0.05) is 13.8 Å². The fraction of sp³-hybridized carbons (Fsp3) is 1.00. The molecule has 0 unspecified atom stereocenters. The number of aliphatic hydroxyl groups is 1. The van der Waals surface area contributed by atoms with Gasteiger partial charge >= 0.3 is 0 Å². The largest absolute Gasteiger partial charge is 0.388 e. The number of aliphatic hydroxyl groups excluding tert-OH is 1. The summed E-state index contributed by atoms with van der Waals surface area (Å²) in [5, 5.41) is 9.49. The lowest BCUT2D eigenvalue weighted by atomic mass is 10.1. The van der Waals surface area contributed by atoms with Crippen LogP contribution in [0.25, 0.3) is 0 Å². The zero-order valence-corrected chi connectivity index (χ0v) is 8.68. The Bertz CT molecular complexity index is 195. The molecule has 0 spiro atoms. The van der Waals surface area contributed by atoms with E-state index >= 15 is 0 Å². The maximum atomic E-state index is 9.49. The first kappa shape index (κ1) is 10.4. The third-order valence-corrected chi connectivity index (χ3v) is 2.63. The number of fused-ring (bicyclic) bond motifs is 1. The number of ether oxygens (including phenoxy) is 3. The molecule has 0 aromatic heterocycles. The number of hydrogen-bond donors (Lipinski definition) is 1. The molecule has 2 aliphatic rings. The third kappa shape index (κ3) is 1.93. The highest BCUT2D eigenvalue weighted by Gasteiger charge is 2.47. The quantitative estimate of drug-likeness (QED) is 0.709. The Hall–Kier alpha value is -0.160. The van der Waals surface area contributed by atoms with Crippen molar-refractivity contribution in [3.63, 3.8) is 0 Å². The molecule has 0 radical (unpaired) electrons. The van der Waals surface area contributed by atoms with Crippen LogP contribution < -0.4 is 0 Å². The van der Waals surface area contributed by atoms with E-state index in [4.69, 9.17) is 14.2 Å². The Morgan fingerprint density at radius 2 is 2.00 bits per heavy atom. The second-order valence-electron chi connectivity index (χ2n) is 4.43. The van der Waals surface area contributed by atoms with Gasteiger partial charge in [0.1, 0.15) is 24.4 Å². The Kier molecular flexibility index (Phi) is 3.07. The minimum absolute atomic E-state index is 0.000417. The van der Waals surface area contributed by atoms with Crippen molar-refractivity contribution < 1.29 is 19.3 Å². The van der Waals surface area contributed by atoms with Crippen LogP contribution in [0.2, 0.25) is 0 Å². The molecule has 2 saturated heterocycles. The molecule has 0 bridgehead atoms. The highest BCUT2D eigenvalue weighted by atomic mass is 16.6. The summed E-state index contributed by atoms with van der Waals surface area (Å²) in [7, 11) is 0. The smallest absolute Gasteiger partial charge is 0.115 e. The van der Waals surface area contributed by atoms with Gasteiger partial charge < -0.3 is 19.3 Å². The first-order valence-corrected chi connectivity index (χ1v) is 5.21. The van der Waals surface area contributed by atoms with Crippen molar-refractivity contribution in [3.8, 4) is 0 Å². The molecular formula is C10H18O4. The zero-order chi connectivity index (χ0) is 10.1. The molecular weight excluding hydrogens is 184 g/mol. The van der Waals surface area contributed by atoms with Gasteiger partial charge in [0.15, 0.2) is 0 Å². The lowest BCUT2D eigenvalue weighted by Gasteiger charge is -2.17. The Balaban J connectivity index is 1.84. The maximum absolute atomic E-state index is 9.49. The van der Waals surface area contributed by atoms with E-state index in [1.165, 1.54) is 0 Å². The van der Waals surface area contributed by atoms with Crippen molar-refractivity contribution in [1.82, 2.24) is 0 Å². The molecule has 1 N–H and O–H groups in total. The van der Waals surface area contributed by atoms with Crippen LogP contribution in [0.15, 0.2) is 0 Å². The molecule has 2 heterocycles. The van der Waals surface area contributed by atoms with Gasteiger partial charge in [-0.25, -0.2) is 0 Å². The van der Waals surface area contributed by atoms with Crippen LogP contribution in [-0.2, 0) is 14.2 Å². The van der Waals surface area contributed by atoms with Crippen LogP contribution in [0, 0.1) is 5.92 Å². The van der Waals surface area contributed by atoms with Crippen molar-refractivity contribution in [2.75, 3.05) is 19.8 Å². The second-order valence-corrected chi connectivity index (χ2v) is 4.43. The molecule has 0 saturated carbocycles. The Morgan fingerprint density at radius 1 is 1.29 bits per heavy atom. The summed E-state index contributed by atoms with van der Waals surface area (Å²) in [4.78, 5) is 0. The summed E-state index contributed by atoms with van der Waals surface area (Å²) in [6, 6.07) is 0. The van der Waals surface area contributed by atoms with Crippen molar-refractivity contribution in [1.29, 1.82) is 0 Å². The van der Waals surface area contributed by atoms with Gasteiger partial charge in [0, 0.05) is 6.61 Å². The monoisotopic (exact) mass is 202 g/mol. The molecule has 2 fully saturated rings. The summed E-state index contributed by atoms with van der Waals surface area (Å²) in [5.74, 6) is 0.514. The van der Waals surface area contributed by atoms with Crippen LogP contribution in [-0.4, -0.2) is 49.3 Å². The third-order valence-electron chi connectivity index (χ3n) is 2.63. The fourth-order valence-corrected chi connectivity index (χ4v) is 1.90. The van der Waals surface area contributed by atoms with E-state index in [2.05, 4.69) is 13.8 Å². The predicted molar refractivity (Wildman–Crippen MR) is 50.1 cm³/mol. The average molecular weight is 202 g/mol. The Morgan fingerprint density at radius 3 is 2.71 bits per heavy atom. The van der Waals surface area contributed by atoms with E-state index < -0.39 is 6.10 Å². The molecule has 82 valence electrons. The fourth-order valence-electron chi connectivity index (χ4n) is 1.90. The van der Waals surface area contributed by atoms with Crippen molar-refractivity contribution in [2.45, 2.75) is 38.3 Å². The van der Waals surface area contributed by atoms with Gasteiger partial charge in [0.25, 0.3) is 0 Å². The molecule has 0 aliphatic carbocycles. The molecule has 2 aliphatic heterocycles. The summed E-state index contributed by atoms with van der Waals surface area (Å²) >= 11 is 0. The van der Waals surface area contributed by atoms with Crippen molar-refractivity contribution >= 4 is 0 Å². The molecule has 0 amide bonds. The van der Waals surface area contributed by atoms with E-state index in [0.29, 0.717) is 19.1 Å². The summed E-state index contributed by atoms with van der Waals surface area (Å²) in [5.41, 5.74) is 0. The first-order valence-electron chi connectivity index (χ1n) is 5.21. The number of hydrogen-bond acceptors (Lipinski definition) is 4. The van der Waals surface area contributed by atoms with Crippen LogP contribution in [0.4, 0.5) is 0 Å². The summed E-state index contributed by atoms with van der Waals surface area (Å²) in [6.07, 6.45) is -0.719. The van der Waals surface area contributed by atoms with Crippen molar-refractivity contribution in [2.24, 2.45) is 5.92 Å². The van der Waals surface area contributed by atoms with Gasteiger partial charge in [-0.05, 0) is 5.92 Å². The van der Waals surface area contributed by atoms with E-state index in [0.717, 1.165) is 6.61 Å². The van der Waals surface area contributed by atoms with Gasteiger partial charge in [-0.15, -0.1) is 0 Å². The molecule has 2 rings (SSSR count). The van der Waals surface area contributed by atoms with Gasteiger partial charge in [0.05, 0.1) is 13.2 Å². The maximum Gasteiger partial charge on any atom is 0.115 e. The first-order chi connectivity index (χ1) is 6.68. The SMILES string of the molecule is CC(C)CO[C@H]1CO[C@H]2[C@@H]1OC[C@H]2O. The van der Waals surface area contributed by atoms with Crippen molar-refractivity contribution in [3.05, 3.63) is 0 Å². The summed E-state index contributed by atoms with van der Waals surface area (Å²) < 4.78 is 16.5. The van der Waals surface area contributed by atoms with Crippen LogP contribution >= 0.6 is 0 Å². The second kappa shape index (κ2) is 4.14. The topological polar surface area (TPSA) is 47.9 Å². The standard InChI is InChI=1S/C10H18O4/c1-6(2)3-12-8-5-14-9-7(11)4-13-10(8)9/h6-11H,3-5H2,1-2H3/t7-,8+,9-,10-/m1/s1. The minimum atomic E-state index is -0.479. The minimum Gasteiger partial charge on any atom is -0.388 e. The molecule has 4 atom stereocenters. The van der Waals surface area contributed by atoms with Gasteiger partial charge in [-0.2, -0.15) is 0 Å². The lowest BCUT2D eigenvalue weighted by molar-refractivity contribution is -0.0443. The van der Waals surface area contributed by atoms with E-state index in [-0.39, 0.29) is 18.3 Å². The molecule has 4 heteroatoms. The van der Waals surface area contributed by atoms with Crippen LogP contribution in [0.5, 0.6) is 0 Å². The van der Waals surface area contributed by atoms with E-state index in [9.17, 15) is 5.11 Å². The molecule has 0 aromatic carbocycles. The summed E-state index contributed by atoms with van der Waals surface area (Å²) in [6.45, 7) is 5.85. The normalized spacial score (nSPS) is 42.0. The van der Waals surface area contributed by atoms with E-state index in [1.807, 2.05) is 0 Å². The highest BCUT2D eigenvalue weighted by molar-refractivity contribution is 4.94. The average Bonchev–Trinajstić information content (AvgIpc) is 2.66. The molecule has 4 nitrogen and oxygen atoms in total. The lowest BCUT2D eigenvalue weighted by Crippen LogP contribution is -2.33. The van der Waals surface area contributed by atoms with Gasteiger partial charge in [-0.3, -0.25) is 0 Å². The van der Waals surface area contributed by atoms with E-state index in [1.54, 1.807) is 0 Å².